The molecule has 3 aliphatic rings. The van der Waals surface area contributed by atoms with Crippen LogP contribution < -0.4 is 0 Å². The molecule has 0 unspecified atom stereocenters. The van der Waals surface area contributed by atoms with Crippen LogP contribution in [0.2, 0.25) is 0 Å². The molecule has 0 spiro atoms. The molecular formula is C38H64O17. The van der Waals surface area contributed by atoms with Crippen LogP contribution in [0.25, 0.3) is 0 Å². The highest BCUT2D eigenvalue weighted by Crippen LogP contribution is 2.36. The van der Waals surface area contributed by atoms with E-state index in [2.05, 4.69) is 6.92 Å². The topological polar surface area (TPSA) is 221 Å². The lowest BCUT2D eigenvalue weighted by atomic mass is 9.96. The van der Waals surface area contributed by atoms with Crippen molar-refractivity contribution >= 4 is 23.9 Å². The zero-order valence-electron chi connectivity index (χ0n) is 33.5. The third-order valence-electron chi connectivity index (χ3n) is 9.83. The Labute approximate surface area is 323 Å². The van der Waals surface area contributed by atoms with Gasteiger partial charge in [0.2, 0.25) is 0 Å². The van der Waals surface area contributed by atoms with Crippen LogP contribution in [0.4, 0.5) is 0 Å². The van der Waals surface area contributed by atoms with Crippen molar-refractivity contribution in [2.45, 2.75) is 212 Å². The van der Waals surface area contributed by atoms with E-state index in [0.29, 0.717) is 0 Å². The fraction of sp³-hybridized carbons (Fsp3) is 0.895. The van der Waals surface area contributed by atoms with E-state index < -0.39 is 116 Å². The molecule has 0 amide bonds. The average Bonchev–Trinajstić information content (AvgIpc) is 3.10. The second-order valence-electron chi connectivity index (χ2n) is 14.7. The molecule has 3 aliphatic heterocycles. The van der Waals surface area contributed by atoms with Gasteiger partial charge in [0.1, 0.15) is 30.5 Å². The highest BCUT2D eigenvalue weighted by Gasteiger charge is 2.56. The second-order valence-corrected chi connectivity index (χ2v) is 14.7. The Hall–Kier alpha value is -2.48. The van der Waals surface area contributed by atoms with Crippen LogP contribution in [-0.4, -0.2) is 138 Å². The normalized spacial score (nSPS) is 36.5. The number of carbonyl (C=O) groups is 4. The number of aliphatic hydroxyl groups excluding tert-OH is 3. The Bertz CT molecular complexity index is 1200. The van der Waals surface area contributed by atoms with Gasteiger partial charge < -0.3 is 62.7 Å². The van der Waals surface area contributed by atoms with E-state index >= 15 is 0 Å². The van der Waals surface area contributed by atoms with E-state index in [4.69, 9.17) is 47.4 Å². The smallest absolute Gasteiger partial charge is 0.303 e. The highest BCUT2D eigenvalue weighted by molar-refractivity contribution is 5.67. The lowest BCUT2D eigenvalue weighted by molar-refractivity contribution is -0.376. The van der Waals surface area contributed by atoms with Crippen molar-refractivity contribution in [3.8, 4) is 0 Å². The van der Waals surface area contributed by atoms with Crippen LogP contribution in [-0.2, 0) is 66.5 Å². The van der Waals surface area contributed by atoms with Gasteiger partial charge in [-0.3, -0.25) is 19.2 Å². The molecule has 0 aromatic carbocycles. The summed E-state index contributed by atoms with van der Waals surface area (Å²) in [4.78, 5) is 48.7. The van der Waals surface area contributed by atoms with Gasteiger partial charge in [-0.05, 0) is 27.2 Å². The number of esters is 4. The summed E-state index contributed by atoms with van der Waals surface area (Å²) >= 11 is 0. The standard InChI is InChI=1S/C38H64O17/c1-9-10-11-12-13-14-15-16-17-18-19-46-36-29(45)33(31(21(3)47-36)51-24(6)40)54-38-35(53-26(8)42)34(32(22(4)49-38)52-25(7)41)55-37-28(44)27(43)30(20(2)48-37)50-23(5)39/h20-22,27-38,43-45H,9-19H2,1-8H3/t20-,21-,22-,27-,28+,29+,30-,31-,32-,33-,34+,35+,36+,37-,38-/m1/s1. The van der Waals surface area contributed by atoms with E-state index in [1.807, 2.05) is 0 Å². The lowest BCUT2D eigenvalue weighted by Gasteiger charge is -2.49. The molecule has 3 rings (SSSR count). The minimum atomic E-state index is -1.78. The Kier molecular flexibility index (Phi) is 19.7. The fourth-order valence-electron chi connectivity index (χ4n) is 7.12. The van der Waals surface area contributed by atoms with Gasteiger partial charge in [-0.25, -0.2) is 0 Å². The Balaban J connectivity index is 1.80. The van der Waals surface area contributed by atoms with Crippen LogP contribution in [0.5, 0.6) is 0 Å². The van der Waals surface area contributed by atoms with Crippen molar-refractivity contribution in [3.05, 3.63) is 0 Å². The molecule has 0 bridgehead atoms. The number of aliphatic hydroxyl groups is 3. The summed E-state index contributed by atoms with van der Waals surface area (Å²) in [5.41, 5.74) is 0. The predicted octanol–water partition coefficient (Wildman–Crippen LogP) is 2.74. The molecule has 0 aliphatic carbocycles. The summed E-state index contributed by atoms with van der Waals surface area (Å²) in [7, 11) is 0. The quantitative estimate of drug-likeness (QED) is 0.0916. The molecule has 17 nitrogen and oxygen atoms in total. The predicted molar refractivity (Wildman–Crippen MR) is 191 cm³/mol. The molecule has 0 aromatic heterocycles. The van der Waals surface area contributed by atoms with E-state index in [1.54, 1.807) is 6.92 Å². The largest absolute Gasteiger partial charge is 0.457 e. The molecule has 0 aromatic rings. The maximum atomic E-state index is 12.5. The molecule has 17 heteroatoms. The van der Waals surface area contributed by atoms with E-state index in [9.17, 15) is 34.5 Å². The molecule has 3 saturated heterocycles. The summed E-state index contributed by atoms with van der Waals surface area (Å²) in [6.45, 7) is 11.7. The summed E-state index contributed by atoms with van der Waals surface area (Å²) in [5.74, 6) is -2.96. The Morgan fingerprint density at radius 1 is 0.455 bits per heavy atom. The van der Waals surface area contributed by atoms with Crippen molar-refractivity contribution in [1.29, 1.82) is 0 Å². The zero-order valence-corrected chi connectivity index (χ0v) is 33.5. The van der Waals surface area contributed by atoms with Crippen molar-refractivity contribution in [2.75, 3.05) is 6.61 Å². The highest BCUT2D eigenvalue weighted by atomic mass is 16.8. The van der Waals surface area contributed by atoms with Crippen LogP contribution in [0.3, 0.4) is 0 Å². The average molecular weight is 793 g/mol. The van der Waals surface area contributed by atoms with Gasteiger partial charge in [-0.1, -0.05) is 64.7 Å². The number of hydrogen-bond donors (Lipinski definition) is 3. The molecular weight excluding hydrogens is 728 g/mol. The first-order valence-corrected chi connectivity index (χ1v) is 19.7. The molecule has 3 fully saturated rings. The summed E-state index contributed by atoms with van der Waals surface area (Å²) in [5, 5.41) is 33.4. The first-order chi connectivity index (χ1) is 26.0. The van der Waals surface area contributed by atoms with Crippen molar-refractivity contribution in [2.24, 2.45) is 0 Å². The first-order valence-electron chi connectivity index (χ1n) is 19.7. The number of rotatable bonds is 20. The Morgan fingerprint density at radius 2 is 0.855 bits per heavy atom. The lowest BCUT2D eigenvalue weighted by Crippen LogP contribution is -2.67. The first kappa shape index (κ1) is 46.9. The van der Waals surface area contributed by atoms with Gasteiger partial charge in [0.05, 0.1) is 18.3 Å². The van der Waals surface area contributed by atoms with Crippen molar-refractivity contribution < 1.29 is 81.9 Å². The monoisotopic (exact) mass is 792 g/mol. The zero-order chi connectivity index (χ0) is 40.8. The van der Waals surface area contributed by atoms with Crippen LogP contribution in [0.15, 0.2) is 0 Å². The van der Waals surface area contributed by atoms with Gasteiger partial charge in [-0.15, -0.1) is 0 Å². The minimum Gasteiger partial charge on any atom is -0.457 e. The number of ether oxygens (including phenoxy) is 10. The number of unbranched alkanes of at least 4 members (excludes halogenated alkanes) is 9. The number of carbonyl (C=O) groups excluding carboxylic acids is 4. The third-order valence-corrected chi connectivity index (χ3v) is 9.83. The summed E-state index contributed by atoms with van der Waals surface area (Å²) < 4.78 is 58.2. The van der Waals surface area contributed by atoms with E-state index in [-0.39, 0.29) is 6.61 Å². The summed E-state index contributed by atoms with van der Waals surface area (Å²) in [6.07, 6.45) is -8.88. The van der Waals surface area contributed by atoms with Gasteiger partial charge in [0.15, 0.2) is 43.3 Å². The fourth-order valence-corrected chi connectivity index (χ4v) is 7.12. The molecule has 3 heterocycles. The van der Waals surface area contributed by atoms with Crippen LogP contribution in [0.1, 0.15) is 120 Å². The molecule has 15 atom stereocenters. The molecule has 318 valence electrons. The molecule has 0 radical (unpaired) electrons. The van der Waals surface area contributed by atoms with Crippen molar-refractivity contribution in [1.82, 2.24) is 0 Å². The van der Waals surface area contributed by atoms with Crippen LogP contribution >= 0.6 is 0 Å². The van der Waals surface area contributed by atoms with E-state index in [0.717, 1.165) is 46.5 Å². The summed E-state index contributed by atoms with van der Waals surface area (Å²) in [6, 6.07) is 0. The Morgan fingerprint density at radius 3 is 1.38 bits per heavy atom. The second kappa shape index (κ2) is 23.1. The van der Waals surface area contributed by atoms with E-state index in [1.165, 1.54) is 59.3 Å². The van der Waals surface area contributed by atoms with Gasteiger partial charge >= 0.3 is 23.9 Å². The SMILES string of the molecule is CCCCCCCCCCCCO[C@H]1O[C@H](C)[C@@H](OC(C)=O)[C@H](O[C@H]2O[C@H](C)[C@@H](OC(C)=O)[C@H](O[C@H]3O[C@H](C)[C@@H](OC(C)=O)[C@H](O)[C@@H]3O)[C@@H]2OC(C)=O)[C@@H]1O. The number of hydrogen-bond acceptors (Lipinski definition) is 17. The maximum absolute atomic E-state index is 12.5. The van der Waals surface area contributed by atoms with Crippen LogP contribution in [0, 0.1) is 0 Å². The van der Waals surface area contributed by atoms with Gasteiger partial charge in [0, 0.05) is 34.3 Å². The molecule has 3 N–H and O–H groups in total. The molecule has 0 saturated carbocycles. The maximum Gasteiger partial charge on any atom is 0.303 e. The van der Waals surface area contributed by atoms with Gasteiger partial charge in [-0.2, -0.15) is 0 Å². The van der Waals surface area contributed by atoms with Crippen molar-refractivity contribution in [3.63, 3.8) is 0 Å². The molecule has 55 heavy (non-hydrogen) atoms. The van der Waals surface area contributed by atoms with Gasteiger partial charge in [0.25, 0.3) is 0 Å². The minimum absolute atomic E-state index is 0.287. The third kappa shape index (κ3) is 14.1.